The Kier molecular flexibility index (Phi) is 4.35. The smallest absolute Gasteiger partial charge is 0.407 e. The number of carboxylic acid groups (broad SMARTS) is 1. The number of hydrogen-bond acceptors (Lipinski definition) is 3. The average Bonchev–Trinajstić information content (AvgIpc) is 2.32. The number of hydrogen-bond donors (Lipinski definition) is 1. The highest BCUT2D eigenvalue weighted by Gasteiger charge is 2.46. The van der Waals surface area contributed by atoms with E-state index in [0.29, 0.717) is 24.4 Å². The molecule has 0 aromatic heterocycles. The summed E-state index contributed by atoms with van der Waals surface area (Å²) in [5.41, 5.74) is 0.311. The number of amides is 1. The predicted molar refractivity (Wildman–Crippen MR) is 80.4 cm³/mol. The number of nitrogens with zero attached hydrogens (tertiary/aromatic N) is 2. The SMILES string of the molecule is CC(C)(C)[S@@+]([O-])/N=C/C1CC2(CCN(C(=O)O)CC2)C1. The Bertz CT molecular complexity index is 390. The molecule has 1 heterocycles. The maximum Gasteiger partial charge on any atom is 0.407 e. The zero-order chi connectivity index (χ0) is 15.0. The molecular weight excluding hydrogens is 276 g/mol. The molecule has 0 radical (unpaired) electrons. The van der Waals surface area contributed by atoms with Gasteiger partial charge in [0.15, 0.2) is 0 Å². The summed E-state index contributed by atoms with van der Waals surface area (Å²) >= 11 is -1.17. The summed E-state index contributed by atoms with van der Waals surface area (Å²) in [4.78, 5) is 12.4. The van der Waals surface area contributed by atoms with Crippen molar-refractivity contribution in [1.29, 1.82) is 0 Å². The van der Waals surface area contributed by atoms with Crippen LogP contribution in [-0.2, 0) is 11.4 Å². The van der Waals surface area contributed by atoms with E-state index in [0.717, 1.165) is 25.7 Å². The van der Waals surface area contributed by atoms with Gasteiger partial charge in [0.05, 0.1) is 6.21 Å². The highest BCUT2D eigenvalue weighted by atomic mass is 32.2. The Balaban J connectivity index is 1.78. The minimum absolute atomic E-state index is 0.301. The van der Waals surface area contributed by atoms with Crippen LogP contribution < -0.4 is 0 Å². The molecule has 6 heteroatoms. The first-order chi connectivity index (χ1) is 9.22. The summed E-state index contributed by atoms with van der Waals surface area (Å²) in [5.74, 6) is 0.415. The fraction of sp³-hybridized carbons (Fsp3) is 0.857. The van der Waals surface area contributed by atoms with E-state index in [-0.39, 0.29) is 4.75 Å². The maximum atomic E-state index is 11.8. The average molecular weight is 300 g/mol. The van der Waals surface area contributed by atoms with Crippen LogP contribution in [0.2, 0.25) is 0 Å². The topological polar surface area (TPSA) is 76.0 Å². The third-order valence-electron chi connectivity index (χ3n) is 4.38. The second-order valence-electron chi connectivity index (χ2n) is 7.05. The van der Waals surface area contributed by atoms with E-state index in [1.54, 1.807) is 0 Å². The molecule has 114 valence electrons. The highest BCUT2D eigenvalue weighted by Crippen LogP contribution is 2.51. The molecular formula is C14H24N2O3S. The summed E-state index contributed by atoms with van der Waals surface area (Å²) in [6, 6.07) is 0. The number of piperidine rings is 1. The summed E-state index contributed by atoms with van der Waals surface area (Å²) in [6.45, 7) is 7.05. The van der Waals surface area contributed by atoms with Crippen molar-refractivity contribution in [2.45, 2.75) is 51.2 Å². The summed E-state index contributed by atoms with van der Waals surface area (Å²) in [5, 5.41) is 8.94. The Hall–Kier alpha value is -0.750. The van der Waals surface area contributed by atoms with Gasteiger partial charge in [-0.1, -0.05) is 4.40 Å². The van der Waals surface area contributed by atoms with Gasteiger partial charge in [0.2, 0.25) is 0 Å². The molecule has 1 aliphatic carbocycles. The van der Waals surface area contributed by atoms with Gasteiger partial charge in [0, 0.05) is 13.1 Å². The molecule has 1 N–H and O–H groups in total. The van der Waals surface area contributed by atoms with Crippen LogP contribution in [-0.4, -0.2) is 44.7 Å². The molecule has 1 amide bonds. The van der Waals surface area contributed by atoms with E-state index in [1.165, 1.54) is 4.90 Å². The van der Waals surface area contributed by atoms with Gasteiger partial charge in [-0.3, -0.25) is 0 Å². The van der Waals surface area contributed by atoms with Crippen molar-refractivity contribution in [1.82, 2.24) is 4.90 Å². The number of likely N-dealkylation sites (tertiary alicyclic amines) is 1. The quantitative estimate of drug-likeness (QED) is 0.629. The zero-order valence-corrected chi connectivity index (χ0v) is 13.3. The van der Waals surface area contributed by atoms with Gasteiger partial charge >= 0.3 is 6.09 Å². The molecule has 0 bridgehead atoms. The van der Waals surface area contributed by atoms with Gasteiger partial charge < -0.3 is 14.6 Å². The van der Waals surface area contributed by atoms with Crippen LogP contribution in [0, 0.1) is 11.3 Å². The second kappa shape index (κ2) is 5.56. The van der Waals surface area contributed by atoms with E-state index >= 15 is 0 Å². The van der Waals surface area contributed by atoms with Crippen molar-refractivity contribution in [2.75, 3.05) is 13.1 Å². The highest BCUT2D eigenvalue weighted by molar-refractivity contribution is 7.91. The fourth-order valence-electron chi connectivity index (χ4n) is 3.04. The van der Waals surface area contributed by atoms with Gasteiger partial charge in [-0.15, -0.1) is 0 Å². The van der Waals surface area contributed by atoms with Crippen molar-refractivity contribution in [3.8, 4) is 0 Å². The van der Waals surface area contributed by atoms with Gasteiger partial charge in [-0.05, 0) is 57.8 Å². The molecule has 1 atom stereocenters. The lowest BCUT2D eigenvalue weighted by Crippen LogP contribution is -2.48. The van der Waals surface area contributed by atoms with Crippen molar-refractivity contribution in [3.05, 3.63) is 0 Å². The normalized spacial score (nSPS) is 24.9. The monoisotopic (exact) mass is 300 g/mol. The Morgan fingerprint density at radius 3 is 2.40 bits per heavy atom. The van der Waals surface area contributed by atoms with Crippen LogP contribution in [0.5, 0.6) is 0 Å². The molecule has 2 fully saturated rings. The lowest BCUT2D eigenvalue weighted by atomic mass is 9.58. The van der Waals surface area contributed by atoms with Crippen LogP contribution >= 0.6 is 0 Å². The predicted octanol–water partition coefficient (Wildman–Crippen LogP) is 2.69. The van der Waals surface area contributed by atoms with Crippen LogP contribution in [0.1, 0.15) is 46.5 Å². The minimum atomic E-state index is -1.17. The standard InChI is InChI=1S/C14H24N2O3S/c1-13(2,3)20(19)15-10-11-8-14(9-11)4-6-16(7-5-14)12(17)18/h10-11H,4-9H2,1-3H3,(H,17,18)/b15-10+/t20-/m1/s1. The summed E-state index contributed by atoms with van der Waals surface area (Å²) in [7, 11) is 0. The summed E-state index contributed by atoms with van der Waals surface area (Å²) < 4.78 is 15.7. The number of rotatable bonds is 2. The van der Waals surface area contributed by atoms with Gasteiger partial charge in [0.25, 0.3) is 0 Å². The Labute approximate surface area is 123 Å². The lowest BCUT2D eigenvalue weighted by Gasteiger charge is -2.50. The van der Waals surface area contributed by atoms with Crippen LogP contribution in [0.25, 0.3) is 0 Å². The molecule has 0 aromatic rings. The van der Waals surface area contributed by atoms with E-state index in [9.17, 15) is 9.35 Å². The second-order valence-corrected chi connectivity index (χ2v) is 8.99. The molecule has 1 saturated carbocycles. The number of carbonyl (C=O) groups is 1. The molecule has 2 rings (SSSR count). The van der Waals surface area contributed by atoms with E-state index < -0.39 is 17.5 Å². The Morgan fingerprint density at radius 2 is 1.95 bits per heavy atom. The largest absolute Gasteiger partial charge is 0.591 e. The first kappa shape index (κ1) is 15.6. The first-order valence-corrected chi connectivity index (χ1v) is 8.27. The van der Waals surface area contributed by atoms with Gasteiger partial charge in [-0.2, -0.15) is 0 Å². The van der Waals surface area contributed by atoms with Crippen LogP contribution in [0.15, 0.2) is 4.40 Å². The van der Waals surface area contributed by atoms with Crippen molar-refractivity contribution < 1.29 is 14.5 Å². The van der Waals surface area contributed by atoms with Crippen LogP contribution in [0.3, 0.4) is 0 Å². The molecule has 1 aliphatic heterocycles. The van der Waals surface area contributed by atoms with E-state index in [2.05, 4.69) is 4.40 Å². The van der Waals surface area contributed by atoms with Gasteiger partial charge in [0.1, 0.15) is 16.1 Å². The fourth-order valence-corrected chi connectivity index (χ4v) is 3.64. The molecule has 0 aromatic carbocycles. The molecule has 20 heavy (non-hydrogen) atoms. The van der Waals surface area contributed by atoms with E-state index in [4.69, 9.17) is 5.11 Å². The summed E-state index contributed by atoms with van der Waals surface area (Å²) in [6.07, 6.45) is 5.07. The van der Waals surface area contributed by atoms with E-state index in [1.807, 2.05) is 27.0 Å². The van der Waals surface area contributed by atoms with Crippen molar-refractivity contribution in [2.24, 2.45) is 15.7 Å². The molecule has 1 saturated heterocycles. The van der Waals surface area contributed by atoms with Crippen molar-refractivity contribution in [3.63, 3.8) is 0 Å². The molecule has 1 spiro atoms. The molecule has 0 unspecified atom stereocenters. The lowest BCUT2D eigenvalue weighted by molar-refractivity contribution is 0.0163. The minimum Gasteiger partial charge on any atom is -0.591 e. The van der Waals surface area contributed by atoms with Gasteiger partial charge in [-0.25, -0.2) is 4.79 Å². The molecule has 2 aliphatic rings. The first-order valence-electron chi connectivity index (χ1n) is 7.16. The zero-order valence-electron chi connectivity index (χ0n) is 12.5. The third-order valence-corrected chi connectivity index (χ3v) is 5.74. The molecule has 5 nitrogen and oxygen atoms in total. The Morgan fingerprint density at radius 1 is 1.40 bits per heavy atom. The van der Waals surface area contributed by atoms with Crippen molar-refractivity contribution >= 4 is 23.7 Å². The van der Waals surface area contributed by atoms with Crippen LogP contribution in [0.4, 0.5) is 4.79 Å². The third kappa shape index (κ3) is 3.47. The maximum absolute atomic E-state index is 11.8.